The van der Waals surface area contributed by atoms with Crippen LogP contribution in [-0.4, -0.2) is 0 Å². The lowest BCUT2D eigenvalue weighted by atomic mass is 9.54. The second-order valence-electron chi connectivity index (χ2n) is 15.2. The van der Waals surface area contributed by atoms with Gasteiger partial charge in [0.1, 0.15) is 0 Å². The first-order chi connectivity index (χ1) is 25.4. The van der Waals surface area contributed by atoms with Crippen LogP contribution in [0.1, 0.15) is 68.0 Å². The topological polar surface area (TPSA) is 0 Å². The maximum absolute atomic E-state index is 2.70. The smallest absolute Gasteiger partial charge is 0.0469 e. The van der Waals surface area contributed by atoms with Gasteiger partial charge < -0.3 is 0 Å². The van der Waals surface area contributed by atoms with Crippen molar-refractivity contribution in [3.63, 3.8) is 0 Å². The van der Waals surface area contributed by atoms with E-state index >= 15 is 0 Å². The molecule has 6 aromatic rings. The van der Waals surface area contributed by atoms with E-state index in [0.29, 0.717) is 0 Å². The maximum atomic E-state index is 2.70. The summed E-state index contributed by atoms with van der Waals surface area (Å²) < 4.78 is 0. The fourth-order valence-electron chi connectivity index (χ4n) is 9.85. The van der Waals surface area contributed by atoms with Gasteiger partial charge in [0.15, 0.2) is 0 Å². The molecule has 52 heavy (non-hydrogen) atoms. The molecule has 9 rings (SSSR count). The lowest BCUT2D eigenvalue weighted by Gasteiger charge is -2.47. The fourth-order valence-corrected chi connectivity index (χ4v) is 9.85. The molecule has 0 nitrogen and oxygen atoms in total. The highest BCUT2D eigenvalue weighted by Crippen LogP contribution is 2.71. The molecule has 0 saturated heterocycles. The summed E-state index contributed by atoms with van der Waals surface area (Å²) in [6, 6.07) is 59.3. The van der Waals surface area contributed by atoms with Crippen molar-refractivity contribution >= 4 is 22.8 Å². The highest BCUT2D eigenvalue weighted by Gasteiger charge is 2.59. The van der Waals surface area contributed by atoms with Gasteiger partial charge in [-0.25, -0.2) is 0 Å². The number of allylic oxidation sites excluding steroid dienone is 7. The van der Waals surface area contributed by atoms with Gasteiger partial charge in [-0.1, -0.05) is 192 Å². The zero-order chi connectivity index (χ0) is 35.4. The Morgan fingerprint density at radius 1 is 0.500 bits per heavy atom. The summed E-state index contributed by atoms with van der Waals surface area (Å²) in [5, 5.41) is 0. The van der Waals surface area contributed by atoms with Crippen LogP contribution in [0.4, 0.5) is 0 Å². The summed E-state index contributed by atoms with van der Waals surface area (Å²) in [4.78, 5) is 0. The summed E-state index contributed by atoms with van der Waals surface area (Å²) in [6.07, 6.45) is 6.18. The lowest BCUT2D eigenvalue weighted by Crippen LogP contribution is -2.39. The SMILES string of the molecule is Cc1cc(C)cc(C=C2[C@@H]3C(c4ccccc4)=C[C@@]2(c2ccccc2)[C@@H](c2cc(C)cc(C)c2)C2=C(c4ccccc4)CC(c4ccccc4)=C23)c1. The minimum Gasteiger partial charge on any atom is -0.0642 e. The van der Waals surface area contributed by atoms with Gasteiger partial charge in [-0.15, -0.1) is 0 Å². The molecule has 0 N–H and O–H groups in total. The summed E-state index contributed by atoms with van der Waals surface area (Å²) >= 11 is 0. The van der Waals surface area contributed by atoms with Gasteiger partial charge in [-0.2, -0.15) is 0 Å². The van der Waals surface area contributed by atoms with Gasteiger partial charge in [0, 0.05) is 17.3 Å². The second kappa shape index (κ2) is 12.8. The van der Waals surface area contributed by atoms with Gasteiger partial charge in [0.05, 0.1) is 0 Å². The highest BCUT2D eigenvalue weighted by atomic mass is 14.6. The van der Waals surface area contributed by atoms with Crippen LogP contribution in [0, 0.1) is 33.6 Å². The molecule has 0 aromatic heterocycles. The predicted molar refractivity (Wildman–Crippen MR) is 220 cm³/mol. The van der Waals surface area contributed by atoms with Gasteiger partial charge >= 0.3 is 0 Å². The van der Waals surface area contributed by atoms with E-state index in [2.05, 4.69) is 198 Å². The van der Waals surface area contributed by atoms with Crippen LogP contribution in [0.15, 0.2) is 181 Å². The Kier molecular flexibility index (Phi) is 7.93. The van der Waals surface area contributed by atoms with E-state index < -0.39 is 5.41 Å². The molecular formula is C52H44. The molecule has 0 heteroatoms. The molecule has 2 bridgehead atoms. The first-order valence-electron chi connectivity index (χ1n) is 18.7. The third kappa shape index (κ3) is 5.28. The maximum Gasteiger partial charge on any atom is 0.0469 e. The van der Waals surface area contributed by atoms with Crippen LogP contribution in [0.3, 0.4) is 0 Å². The van der Waals surface area contributed by atoms with E-state index in [9.17, 15) is 0 Å². The van der Waals surface area contributed by atoms with Crippen molar-refractivity contribution in [2.75, 3.05) is 0 Å². The Bertz CT molecular complexity index is 2400. The third-order valence-electron chi connectivity index (χ3n) is 11.6. The molecule has 1 fully saturated rings. The van der Waals surface area contributed by atoms with Crippen LogP contribution >= 0.6 is 0 Å². The van der Waals surface area contributed by atoms with E-state index in [-0.39, 0.29) is 11.8 Å². The molecule has 0 unspecified atom stereocenters. The van der Waals surface area contributed by atoms with Gasteiger partial charge in [0.25, 0.3) is 0 Å². The van der Waals surface area contributed by atoms with Gasteiger partial charge in [-0.05, 0) is 101 Å². The summed E-state index contributed by atoms with van der Waals surface area (Å²) in [7, 11) is 0. The van der Waals surface area contributed by atoms with Gasteiger partial charge in [-0.3, -0.25) is 0 Å². The normalized spacial score (nSPS) is 21.5. The molecule has 0 amide bonds. The van der Waals surface area contributed by atoms with Crippen molar-refractivity contribution in [3.05, 3.63) is 236 Å². The molecule has 3 atom stereocenters. The van der Waals surface area contributed by atoms with E-state index in [4.69, 9.17) is 0 Å². The van der Waals surface area contributed by atoms with E-state index in [1.54, 1.807) is 0 Å². The van der Waals surface area contributed by atoms with Crippen molar-refractivity contribution in [3.8, 4) is 0 Å². The molecule has 6 aromatic carbocycles. The van der Waals surface area contributed by atoms with Crippen molar-refractivity contribution < 1.29 is 0 Å². The molecule has 3 aliphatic rings. The van der Waals surface area contributed by atoms with Crippen LogP contribution in [0.2, 0.25) is 0 Å². The molecule has 252 valence electrons. The largest absolute Gasteiger partial charge is 0.0642 e. The summed E-state index contributed by atoms with van der Waals surface area (Å²) in [6.45, 7) is 8.97. The molecule has 0 radical (unpaired) electrons. The van der Waals surface area contributed by atoms with Crippen LogP contribution in [0.25, 0.3) is 22.8 Å². The lowest BCUT2D eigenvalue weighted by molar-refractivity contribution is 0.510. The van der Waals surface area contributed by atoms with Crippen LogP contribution < -0.4 is 0 Å². The number of benzene rings is 6. The van der Waals surface area contributed by atoms with E-state index in [1.165, 1.54) is 89.1 Å². The number of hydrogen-bond acceptors (Lipinski definition) is 0. The summed E-state index contributed by atoms with van der Waals surface area (Å²) in [5.74, 6) is 0.131. The van der Waals surface area contributed by atoms with Gasteiger partial charge in [0.2, 0.25) is 0 Å². The number of hydrogen-bond donors (Lipinski definition) is 0. The van der Waals surface area contributed by atoms with Crippen molar-refractivity contribution in [2.24, 2.45) is 5.92 Å². The van der Waals surface area contributed by atoms with E-state index in [1.807, 2.05) is 0 Å². The third-order valence-corrected chi connectivity index (χ3v) is 11.6. The zero-order valence-electron chi connectivity index (χ0n) is 30.5. The Morgan fingerprint density at radius 3 is 1.50 bits per heavy atom. The molecular weight excluding hydrogens is 625 g/mol. The minimum absolute atomic E-state index is 0.0505. The number of fused-ring (bicyclic) bond motifs is 4. The van der Waals surface area contributed by atoms with Crippen molar-refractivity contribution in [1.82, 2.24) is 0 Å². The number of aryl methyl sites for hydroxylation is 4. The second-order valence-corrected chi connectivity index (χ2v) is 15.2. The van der Waals surface area contributed by atoms with Crippen molar-refractivity contribution in [1.29, 1.82) is 0 Å². The monoisotopic (exact) mass is 668 g/mol. The molecule has 0 spiro atoms. The molecule has 1 saturated carbocycles. The Labute approximate surface area is 309 Å². The molecule has 0 heterocycles. The van der Waals surface area contributed by atoms with Crippen LogP contribution in [-0.2, 0) is 5.41 Å². The standard InChI is InChI=1S/C52H44/c1-34-25-35(2)28-38(27-34)31-47-48-46(41-21-13-7-14-22-41)33-52(47,43-23-15-8-16-24-43)51(42-29-36(3)26-37(4)30-42)50-45(40-19-11-6-12-20-40)32-44(49(48)50)39-17-9-5-10-18-39/h5-31,33,48,51H,32H2,1-4H3/t48-,51-,52-/m0/s1. The fraction of sp³-hybridized carbons (Fsp3) is 0.154. The average Bonchev–Trinajstić information content (AvgIpc) is 3.65. The average molecular weight is 669 g/mol. The first-order valence-corrected chi connectivity index (χ1v) is 18.7. The molecule has 0 aliphatic heterocycles. The summed E-state index contributed by atoms with van der Waals surface area (Å²) in [5.41, 5.74) is 21.5. The minimum atomic E-state index is -0.431. The zero-order valence-corrected chi connectivity index (χ0v) is 30.5. The first kappa shape index (κ1) is 32.2. The molecule has 3 aliphatic carbocycles. The highest BCUT2D eigenvalue weighted by molar-refractivity contribution is 6.01. The Hall–Kier alpha value is -5.72. The Morgan fingerprint density at radius 2 is 0.962 bits per heavy atom. The quantitative estimate of drug-likeness (QED) is 0.166. The van der Waals surface area contributed by atoms with Crippen molar-refractivity contribution in [2.45, 2.75) is 45.4 Å². The van der Waals surface area contributed by atoms with Crippen LogP contribution in [0.5, 0.6) is 0 Å². The Balaban J connectivity index is 1.50. The van der Waals surface area contributed by atoms with E-state index in [0.717, 1.165) is 6.42 Å². The number of rotatable bonds is 6. The predicted octanol–water partition coefficient (Wildman–Crippen LogP) is 13.1.